The van der Waals surface area contributed by atoms with E-state index < -0.39 is 0 Å². The SMILES string of the molecule is Cc1cccc2nc(/C=C(\O)c3cccc4ccccc34)c(=O)[nH]c12. The van der Waals surface area contributed by atoms with E-state index in [2.05, 4.69) is 9.97 Å². The first-order chi connectivity index (χ1) is 12.1. The van der Waals surface area contributed by atoms with Gasteiger partial charge in [-0.1, -0.05) is 54.6 Å². The van der Waals surface area contributed by atoms with Crippen molar-refractivity contribution in [2.45, 2.75) is 6.92 Å². The molecule has 4 heteroatoms. The Balaban J connectivity index is 1.89. The van der Waals surface area contributed by atoms with Gasteiger partial charge in [-0.3, -0.25) is 4.79 Å². The molecule has 4 aromatic rings. The standard InChI is InChI=1S/C21H16N2O2/c1-13-6-4-11-17-20(13)23-21(25)18(22-17)12-19(24)16-10-5-8-14-7-2-3-9-15(14)16/h2-12,24H,1H3,(H,23,25)/b19-12-. The predicted molar refractivity (Wildman–Crippen MR) is 102 cm³/mol. The fraction of sp³-hybridized carbons (Fsp3) is 0.0476. The van der Waals surface area contributed by atoms with Crippen LogP contribution in [0.5, 0.6) is 0 Å². The average Bonchev–Trinajstić information content (AvgIpc) is 2.63. The molecule has 0 saturated heterocycles. The maximum Gasteiger partial charge on any atom is 0.274 e. The van der Waals surface area contributed by atoms with Crippen molar-refractivity contribution in [2.75, 3.05) is 0 Å². The minimum atomic E-state index is -0.325. The zero-order valence-corrected chi connectivity index (χ0v) is 13.7. The van der Waals surface area contributed by atoms with E-state index >= 15 is 0 Å². The van der Waals surface area contributed by atoms with E-state index in [0.717, 1.165) is 16.3 Å². The number of fused-ring (bicyclic) bond motifs is 2. The van der Waals surface area contributed by atoms with Crippen molar-refractivity contribution in [2.24, 2.45) is 0 Å². The summed E-state index contributed by atoms with van der Waals surface area (Å²) in [5.41, 5.74) is 2.89. The Morgan fingerprint density at radius 3 is 2.68 bits per heavy atom. The van der Waals surface area contributed by atoms with Gasteiger partial charge in [0.1, 0.15) is 11.5 Å². The number of nitrogens with one attached hydrogen (secondary N) is 1. The second kappa shape index (κ2) is 5.91. The largest absolute Gasteiger partial charge is 0.507 e. The molecule has 0 aliphatic heterocycles. The molecule has 1 heterocycles. The van der Waals surface area contributed by atoms with E-state index in [4.69, 9.17) is 0 Å². The van der Waals surface area contributed by atoms with Crippen LogP contribution in [0.25, 0.3) is 33.6 Å². The first kappa shape index (κ1) is 15.1. The van der Waals surface area contributed by atoms with Crippen LogP contribution in [0.4, 0.5) is 0 Å². The molecule has 4 rings (SSSR count). The van der Waals surface area contributed by atoms with Gasteiger partial charge in [0.15, 0.2) is 0 Å². The highest BCUT2D eigenvalue weighted by Gasteiger charge is 2.09. The van der Waals surface area contributed by atoms with Gasteiger partial charge in [-0.15, -0.1) is 0 Å². The number of hydrogen-bond acceptors (Lipinski definition) is 3. The molecule has 25 heavy (non-hydrogen) atoms. The Hall–Kier alpha value is -3.40. The van der Waals surface area contributed by atoms with Crippen LogP contribution < -0.4 is 5.56 Å². The Labute approximate surface area is 144 Å². The second-order valence-corrected chi connectivity index (χ2v) is 5.98. The van der Waals surface area contributed by atoms with Crippen molar-refractivity contribution < 1.29 is 5.11 Å². The maximum absolute atomic E-state index is 12.3. The molecule has 2 N–H and O–H groups in total. The molecule has 4 nitrogen and oxygen atoms in total. The third-order valence-corrected chi connectivity index (χ3v) is 4.30. The molecule has 0 aliphatic carbocycles. The van der Waals surface area contributed by atoms with Gasteiger partial charge in [-0.05, 0) is 29.3 Å². The molecule has 0 radical (unpaired) electrons. The van der Waals surface area contributed by atoms with Gasteiger partial charge in [0, 0.05) is 11.6 Å². The van der Waals surface area contributed by atoms with E-state index in [1.54, 1.807) is 0 Å². The molecule has 0 aliphatic rings. The van der Waals surface area contributed by atoms with E-state index in [1.165, 1.54) is 6.08 Å². The topological polar surface area (TPSA) is 66.0 Å². The van der Waals surface area contributed by atoms with Crippen LogP contribution in [0.15, 0.2) is 65.5 Å². The molecule has 1 aromatic heterocycles. The number of aromatic amines is 1. The Kier molecular flexibility index (Phi) is 3.58. The number of rotatable bonds is 2. The number of aliphatic hydroxyl groups is 1. The summed E-state index contributed by atoms with van der Waals surface area (Å²) in [5, 5.41) is 12.5. The summed E-state index contributed by atoms with van der Waals surface area (Å²) in [6.45, 7) is 1.92. The Bertz CT molecular complexity index is 1180. The highest BCUT2D eigenvalue weighted by Crippen LogP contribution is 2.24. The summed E-state index contributed by atoms with van der Waals surface area (Å²) >= 11 is 0. The van der Waals surface area contributed by atoms with Crippen molar-refractivity contribution in [1.82, 2.24) is 9.97 Å². The molecule has 3 aromatic carbocycles. The predicted octanol–water partition coefficient (Wildman–Crippen LogP) is 4.44. The molecule has 0 saturated carbocycles. The maximum atomic E-state index is 12.3. The van der Waals surface area contributed by atoms with Crippen molar-refractivity contribution in [3.63, 3.8) is 0 Å². The molecule has 0 spiro atoms. The summed E-state index contributed by atoms with van der Waals surface area (Å²) in [4.78, 5) is 19.6. The lowest BCUT2D eigenvalue weighted by Gasteiger charge is -2.06. The first-order valence-corrected chi connectivity index (χ1v) is 8.02. The number of benzene rings is 3. The van der Waals surface area contributed by atoms with Gasteiger partial charge < -0.3 is 10.1 Å². The van der Waals surface area contributed by atoms with Crippen molar-refractivity contribution in [1.29, 1.82) is 0 Å². The quantitative estimate of drug-likeness (QED) is 0.535. The molecule has 0 fully saturated rings. The molecule has 0 atom stereocenters. The number of aromatic nitrogens is 2. The molecule has 0 amide bonds. The van der Waals surface area contributed by atoms with E-state index in [0.29, 0.717) is 16.6 Å². The smallest absolute Gasteiger partial charge is 0.274 e. The number of aryl methyl sites for hydroxylation is 1. The second-order valence-electron chi connectivity index (χ2n) is 5.98. The summed E-state index contributed by atoms with van der Waals surface area (Å²) in [6.07, 6.45) is 1.42. The highest BCUT2D eigenvalue weighted by molar-refractivity contribution is 5.95. The van der Waals surface area contributed by atoms with Gasteiger partial charge >= 0.3 is 0 Å². The van der Waals surface area contributed by atoms with Crippen LogP contribution >= 0.6 is 0 Å². The fourth-order valence-electron chi connectivity index (χ4n) is 3.02. The Morgan fingerprint density at radius 2 is 1.80 bits per heavy atom. The summed E-state index contributed by atoms with van der Waals surface area (Å²) in [6, 6.07) is 19.1. The minimum Gasteiger partial charge on any atom is -0.507 e. The lowest BCUT2D eigenvalue weighted by atomic mass is 10.0. The van der Waals surface area contributed by atoms with Crippen molar-refractivity contribution >= 4 is 33.6 Å². The number of para-hydroxylation sites is 1. The molecule has 122 valence electrons. The normalized spacial score (nSPS) is 12.0. The van der Waals surface area contributed by atoms with Gasteiger partial charge in [-0.25, -0.2) is 4.98 Å². The minimum absolute atomic E-state index is 0.0156. The van der Waals surface area contributed by atoms with E-state index in [-0.39, 0.29) is 17.0 Å². The third kappa shape index (κ3) is 2.68. The first-order valence-electron chi connectivity index (χ1n) is 8.02. The molecule has 0 unspecified atom stereocenters. The summed E-state index contributed by atoms with van der Waals surface area (Å²) in [5.74, 6) is 0.0156. The number of nitrogens with zero attached hydrogens (tertiary/aromatic N) is 1. The van der Waals surface area contributed by atoms with Gasteiger partial charge in [0.2, 0.25) is 0 Å². The monoisotopic (exact) mass is 328 g/mol. The van der Waals surface area contributed by atoms with Crippen LogP contribution in [0.1, 0.15) is 16.8 Å². The van der Waals surface area contributed by atoms with Crippen LogP contribution in [0.3, 0.4) is 0 Å². The third-order valence-electron chi connectivity index (χ3n) is 4.30. The van der Waals surface area contributed by atoms with Gasteiger partial charge in [0.05, 0.1) is 11.0 Å². The molecular formula is C21H16N2O2. The molecular weight excluding hydrogens is 312 g/mol. The van der Waals surface area contributed by atoms with Crippen LogP contribution in [-0.4, -0.2) is 15.1 Å². The van der Waals surface area contributed by atoms with E-state index in [9.17, 15) is 9.90 Å². The van der Waals surface area contributed by atoms with Gasteiger partial charge in [0.25, 0.3) is 5.56 Å². The van der Waals surface area contributed by atoms with Crippen LogP contribution in [-0.2, 0) is 0 Å². The Morgan fingerprint density at radius 1 is 1.04 bits per heavy atom. The fourth-order valence-corrected chi connectivity index (χ4v) is 3.02. The number of H-pyrrole nitrogens is 1. The van der Waals surface area contributed by atoms with Crippen molar-refractivity contribution in [3.8, 4) is 0 Å². The van der Waals surface area contributed by atoms with Crippen LogP contribution in [0, 0.1) is 6.92 Å². The summed E-state index contributed by atoms with van der Waals surface area (Å²) < 4.78 is 0. The zero-order chi connectivity index (χ0) is 17.4. The lowest BCUT2D eigenvalue weighted by Crippen LogP contribution is -2.12. The van der Waals surface area contributed by atoms with Crippen molar-refractivity contribution in [3.05, 3.63) is 87.8 Å². The highest BCUT2D eigenvalue weighted by atomic mass is 16.3. The van der Waals surface area contributed by atoms with Crippen LogP contribution in [0.2, 0.25) is 0 Å². The zero-order valence-electron chi connectivity index (χ0n) is 13.7. The van der Waals surface area contributed by atoms with E-state index in [1.807, 2.05) is 67.6 Å². The van der Waals surface area contributed by atoms with Gasteiger partial charge in [-0.2, -0.15) is 0 Å². The number of aliphatic hydroxyl groups excluding tert-OH is 1. The molecule has 0 bridgehead atoms. The lowest BCUT2D eigenvalue weighted by molar-refractivity contribution is 0.516. The average molecular weight is 328 g/mol. The summed E-state index contributed by atoms with van der Waals surface area (Å²) in [7, 11) is 0. The number of hydrogen-bond donors (Lipinski definition) is 2.